The number of aliphatic hydroxyl groups excluding tert-OH is 1. The number of hydrogen-bond donors (Lipinski definition) is 3. The van der Waals surface area contributed by atoms with Crippen molar-refractivity contribution in [2.24, 2.45) is 0 Å². The number of benzene rings is 1. The third kappa shape index (κ3) is 4.56. The van der Waals surface area contributed by atoms with Crippen LogP contribution in [0.4, 0.5) is 5.69 Å². The summed E-state index contributed by atoms with van der Waals surface area (Å²) >= 11 is 0. The first-order valence-electron chi connectivity index (χ1n) is 7.44. The molecule has 8 heteroatoms. The van der Waals surface area contributed by atoms with Crippen LogP contribution in [0.2, 0.25) is 0 Å². The average Bonchev–Trinajstić information content (AvgIpc) is 2.81. The van der Waals surface area contributed by atoms with Crippen molar-refractivity contribution in [3.63, 3.8) is 0 Å². The number of β-amino-alcohol motifs (C(OH)–C–C–N with tert-alkyl or cyclic N) is 1. The van der Waals surface area contributed by atoms with Crippen molar-refractivity contribution in [3.05, 3.63) is 36.0 Å². The van der Waals surface area contributed by atoms with Crippen molar-refractivity contribution in [2.45, 2.75) is 6.92 Å². The Hall–Kier alpha value is -2.87. The molecule has 1 heterocycles. The third-order valence-electron chi connectivity index (χ3n) is 3.21. The summed E-state index contributed by atoms with van der Waals surface area (Å²) in [7, 11) is 0. The Balaban J connectivity index is 1.88. The zero-order valence-corrected chi connectivity index (χ0v) is 13.2. The maximum Gasteiger partial charge on any atom is 0.277 e. The molecule has 24 heavy (non-hydrogen) atoms. The van der Waals surface area contributed by atoms with Crippen LogP contribution in [0.25, 0.3) is 0 Å². The van der Waals surface area contributed by atoms with E-state index in [2.05, 4.69) is 10.6 Å². The molecule has 1 aliphatic heterocycles. The van der Waals surface area contributed by atoms with Gasteiger partial charge in [-0.25, -0.2) is 0 Å². The summed E-state index contributed by atoms with van der Waals surface area (Å²) in [4.78, 5) is 35.4. The predicted octanol–water partition coefficient (Wildman–Crippen LogP) is -0.142. The van der Waals surface area contributed by atoms with E-state index in [0.29, 0.717) is 24.6 Å². The number of amides is 3. The summed E-state index contributed by atoms with van der Waals surface area (Å²) in [5.41, 5.74) is 0.787. The van der Waals surface area contributed by atoms with Gasteiger partial charge < -0.3 is 20.5 Å². The van der Waals surface area contributed by atoms with Crippen molar-refractivity contribution in [3.8, 4) is 5.75 Å². The Morgan fingerprint density at radius 2 is 1.96 bits per heavy atom. The second-order valence-electron chi connectivity index (χ2n) is 5.06. The number of rotatable bonds is 8. The van der Waals surface area contributed by atoms with E-state index in [0.717, 1.165) is 4.90 Å². The zero-order valence-electron chi connectivity index (χ0n) is 13.2. The number of nitrogens with zero attached hydrogens (tertiary/aromatic N) is 1. The van der Waals surface area contributed by atoms with E-state index in [1.54, 1.807) is 24.3 Å². The van der Waals surface area contributed by atoms with E-state index in [9.17, 15) is 14.4 Å². The minimum absolute atomic E-state index is 0.0274. The lowest BCUT2D eigenvalue weighted by Gasteiger charge is -2.13. The molecule has 0 saturated heterocycles. The van der Waals surface area contributed by atoms with E-state index < -0.39 is 11.8 Å². The van der Waals surface area contributed by atoms with E-state index >= 15 is 0 Å². The fourth-order valence-electron chi connectivity index (χ4n) is 2.10. The number of carbonyl (C=O) groups excluding carboxylic acids is 3. The quantitative estimate of drug-likeness (QED) is 0.451. The van der Waals surface area contributed by atoms with Gasteiger partial charge in [-0.1, -0.05) is 0 Å². The molecule has 0 aliphatic carbocycles. The van der Waals surface area contributed by atoms with Crippen LogP contribution >= 0.6 is 0 Å². The van der Waals surface area contributed by atoms with E-state index in [1.807, 2.05) is 0 Å². The van der Waals surface area contributed by atoms with Crippen molar-refractivity contribution in [2.75, 3.05) is 31.6 Å². The number of aliphatic hydroxyl groups is 1. The summed E-state index contributed by atoms with van der Waals surface area (Å²) in [5, 5.41) is 14.4. The maximum absolute atomic E-state index is 12.0. The van der Waals surface area contributed by atoms with Gasteiger partial charge in [0.25, 0.3) is 11.8 Å². The molecule has 3 amide bonds. The Bertz CT molecular complexity index is 654. The van der Waals surface area contributed by atoms with E-state index in [4.69, 9.17) is 9.84 Å². The van der Waals surface area contributed by atoms with Crippen LogP contribution in [-0.2, 0) is 14.4 Å². The molecule has 0 fully saturated rings. The molecule has 2 rings (SSSR count). The van der Waals surface area contributed by atoms with E-state index in [-0.39, 0.29) is 24.8 Å². The number of hydrogen-bond acceptors (Lipinski definition) is 6. The van der Waals surface area contributed by atoms with Crippen molar-refractivity contribution in [1.29, 1.82) is 0 Å². The number of carbonyl (C=O) groups is 3. The molecule has 0 aromatic heterocycles. The average molecular weight is 333 g/mol. The standard InChI is InChI=1S/C16H19N3O5/c1-11(21)17-6-9-24-13-4-2-12(3-5-13)18-14-10-15(22)19(7-8-20)16(14)23/h2-5,10,18,20H,6-9H2,1H3,(H,17,21). The number of ether oxygens (including phenoxy) is 1. The minimum atomic E-state index is -0.468. The molecule has 1 aliphatic rings. The molecule has 3 N–H and O–H groups in total. The topological polar surface area (TPSA) is 108 Å². The van der Waals surface area contributed by atoms with Crippen LogP contribution in [0.3, 0.4) is 0 Å². The first-order valence-corrected chi connectivity index (χ1v) is 7.44. The summed E-state index contributed by atoms with van der Waals surface area (Å²) in [5.74, 6) is -0.410. The van der Waals surface area contributed by atoms with Crippen LogP contribution in [0, 0.1) is 0 Å². The molecule has 0 saturated carbocycles. The largest absolute Gasteiger partial charge is 0.492 e. The molecule has 1 aromatic carbocycles. The second-order valence-corrected chi connectivity index (χ2v) is 5.06. The van der Waals surface area contributed by atoms with Gasteiger partial charge >= 0.3 is 0 Å². The number of imide groups is 1. The van der Waals surface area contributed by atoms with Crippen molar-refractivity contribution >= 4 is 23.4 Å². The normalized spacial score (nSPS) is 13.8. The van der Waals surface area contributed by atoms with Crippen LogP contribution in [0.15, 0.2) is 36.0 Å². The second kappa shape index (κ2) is 8.11. The highest BCUT2D eigenvalue weighted by Crippen LogP contribution is 2.20. The number of nitrogens with one attached hydrogen (secondary N) is 2. The summed E-state index contributed by atoms with van der Waals surface area (Å²) in [6, 6.07) is 6.84. The molecular formula is C16H19N3O5. The summed E-state index contributed by atoms with van der Waals surface area (Å²) in [6.45, 7) is 1.90. The lowest BCUT2D eigenvalue weighted by atomic mass is 10.3. The Morgan fingerprint density at radius 1 is 1.25 bits per heavy atom. The number of anilines is 1. The fraction of sp³-hybridized carbons (Fsp3) is 0.312. The zero-order chi connectivity index (χ0) is 17.5. The van der Waals surface area contributed by atoms with Gasteiger partial charge in [0.05, 0.1) is 19.7 Å². The first-order chi connectivity index (χ1) is 11.5. The molecule has 128 valence electrons. The lowest BCUT2D eigenvalue weighted by Crippen LogP contribution is -2.34. The molecule has 8 nitrogen and oxygen atoms in total. The van der Waals surface area contributed by atoms with Crippen molar-refractivity contribution in [1.82, 2.24) is 10.2 Å². The summed E-state index contributed by atoms with van der Waals surface area (Å²) < 4.78 is 5.45. The van der Waals surface area contributed by atoms with Gasteiger partial charge in [0.1, 0.15) is 18.1 Å². The van der Waals surface area contributed by atoms with Crippen LogP contribution < -0.4 is 15.4 Å². The van der Waals surface area contributed by atoms with Crippen LogP contribution in [-0.4, -0.2) is 54.0 Å². The predicted molar refractivity (Wildman–Crippen MR) is 86.1 cm³/mol. The molecule has 0 radical (unpaired) electrons. The lowest BCUT2D eigenvalue weighted by molar-refractivity contribution is -0.137. The van der Waals surface area contributed by atoms with Crippen LogP contribution in [0.5, 0.6) is 5.75 Å². The summed E-state index contributed by atoms with van der Waals surface area (Å²) in [6.07, 6.45) is 1.20. The van der Waals surface area contributed by atoms with Gasteiger partial charge in [0.15, 0.2) is 0 Å². The highest BCUT2D eigenvalue weighted by Gasteiger charge is 2.30. The molecule has 1 aromatic rings. The Kier molecular flexibility index (Phi) is 5.91. The van der Waals surface area contributed by atoms with Gasteiger partial charge in [-0.2, -0.15) is 0 Å². The molecule has 0 spiro atoms. The molecular weight excluding hydrogens is 314 g/mol. The van der Waals surface area contributed by atoms with Gasteiger partial charge in [0, 0.05) is 18.7 Å². The van der Waals surface area contributed by atoms with Gasteiger partial charge in [-0.05, 0) is 24.3 Å². The monoisotopic (exact) mass is 333 g/mol. The van der Waals surface area contributed by atoms with Crippen LogP contribution in [0.1, 0.15) is 6.92 Å². The van der Waals surface area contributed by atoms with Gasteiger partial charge in [-0.3, -0.25) is 19.3 Å². The smallest absolute Gasteiger partial charge is 0.277 e. The van der Waals surface area contributed by atoms with Crippen molar-refractivity contribution < 1.29 is 24.2 Å². The van der Waals surface area contributed by atoms with Gasteiger partial charge in [0.2, 0.25) is 5.91 Å². The molecule has 0 unspecified atom stereocenters. The Labute approximate surface area is 139 Å². The third-order valence-corrected chi connectivity index (χ3v) is 3.21. The highest BCUT2D eigenvalue weighted by molar-refractivity contribution is 6.17. The highest BCUT2D eigenvalue weighted by atomic mass is 16.5. The molecule has 0 atom stereocenters. The van der Waals surface area contributed by atoms with Gasteiger partial charge in [-0.15, -0.1) is 0 Å². The maximum atomic E-state index is 12.0. The first kappa shape index (κ1) is 17.5. The molecule has 0 bridgehead atoms. The Morgan fingerprint density at radius 3 is 2.58 bits per heavy atom. The minimum Gasteiger partial charge on any atom is -0.492 e. The fourth-order valence-corrected chi connectivity index (χ4v) is 2.10. The SMILES string of the molecule is CC(=O)NCCOc1ccc(NC2=CC(=O)N(CCO)C2=O)cc1. The van der Waals surface area contributed by atoms with E-state index in [1.165, 1.54) is 13.0 Å².